The Morgan fingerprint density at radius 2 is 0.537 bits per heavy atom. The molecule has 0 saturated carbocycles. The normalized spacial score (nSPS) is 17.2. The minimum Gasteiger partial charge on any atom is -0.483 e. The van der Waals surface area contributed by atoms with Gasteiger partial charge >= 0.3 is 0 Å². The molecule has 3 aliphatic heterocycles. The van der Waals surface area contributed by atoms with Crippen molar-refractivity contribution in [3.8, 4) is 23.0 Å². The molecule has 12 heteroatoms. The molecular formula is C42H44N4O8. The zero-order valence-corrected chi connectivity index (χ0v) is 30.1. The average Bonchev–Trinajstić information content (AvgIpc) is 3.15. The van der Waals surface area contributed by atoms with Crippen molar-refractivity contribution in [1.82, 2.24) is 21.3 Å². The third-order valence-electron chi connectivity index (χ3n) is 9.62. The first-order chi connectivity index (χ1) is 26.4. The van der Waals surface area contributed by atoms with Gasteiger partial charge in [-0.25, -0.2) is 0 Å². The standard InChI is InChI=1S/C42H44N4O8/c47-35-23-51-39-27-7-1-8-28(39)20-30-10-3-12-32-22-34-14-4-13-33(42(34)54-26-38(50)46-16-5-15-43-35)21-31-11-2-9-29(19-27)40(31)52-24-36(48)44-17-6-18-45-37(49)25-53-41(30)32/h1-4,7-14H,5-6,15-26H2,(H,43,47)(H,44,48)(H,45,49)(H,46,50). The fourth-order valence-electron chi connectivity index (χ4n) is 7.07. The zero-order chi connectivity index (χ0) is 37.3. The Balaban J connectivity index is 1.46. The van der Waals surface area contributed by atoms with Crippen LogP contribution in [-0.2, 0) is 44.9 Å². The molecule has 4 aliphatic rings. The van der Waals surface area contributed by atoms with Crippen LogP contribution in [0, 0.1) is 0 Å². The summed E-state index contributed by atoms with van der Waals surface area (Å²) < 4.78 is 25.6. The molecule has 0 saturated heterocycles. The van der Waals surface area contributed by atoms with E-state index in [-0.39, 0.29) is 50.1 Å². The average molecular weight is 733 g/mol. The number of rotatable bonds is 0. The number of amides is 4. The number of ether oxygens (including phenoxy) is 4. The van der Waals surface area contributed by atoms with Crippen molar-refractivity contribution in [3.05, 3.63) is 117 Å². The molecule has 4 aromatic rings. The topological polar surface area (TPSA) is 153 Å². The highest BCUT2D eigenvalue weighted by molar-refractivity contribution is 5.79. The number of para-hydroxylation sites is 4. The molecule has 12 nitrogen and oxygen atoms in total. The van der Waals surface area contributed by atoms with Gasteiger partial charge in [-0.3, -0.25) is 19.2 Å². The Bertz CT molecular complexity index is 1680. The Labute approximate surface area is 313 Å². The SMILES string of the molecule is O=C1COc2c3cccc2Cc2cccc4c2OCC(=O)NCCCNC(=O)COc2c(cccc2Cc2cccc(c2OCC(=O)NCCCN1)C4)C3. The largest absolute Gasteiger partial charge is 0.483 e. The van der Waals surface area contributed by atoms with Gasteiger partial charge in [-0.05, 0) is 57.3 Å². The van der Waals surface area contributed by atoms with E-state index in [2.05, 4.69) is 21.3 Å². The number of fused-ring (bicyclic) bond motifs is 10. The van der Waals surface area contributed by atoms with Crippen LogP contribution in [0.5, 0.6) is 23.0 Å². The molecule has 4 aromatic carbocycles. The summed E-state index contributed by atoms with van der Waals surface area (Å²) >= 11 is 0. The Morgan fingerprint density at radius 3 is 0.741 bits per heavy atom. The molecule has 1 aliphatic carbocycles. The van der Waals surface area contributed by atoms with Crippen molar-refractivity contribution >= 4 is 23.6 Å². The van der Waals surface area contributed by atoms with Crippen LogP contribution in [-0.4, -0.2) is 76.2 Å². The first-order valence-electron chi connectivity index (χ1n) is 18.4. The summed E-state index contributed by atoms with van der Waals surface area (Å²) in [6, 6.07) is 23.6. The number of carbonyl (C=O) groups is 4. The van der Waals surface area contributed by atoms with Crippen molar-refractivity contribution in [2.45, 2.75) is 38.5 Å². The quantitative estimate of drug-likeness (QED) is 0.190. The molecule has 280 valence electrons. The van der Waals surface area contributed by atoms with Crippen LogP contribution in [0.25, 0.3) is 0 Å². The lowest BCUT2D eigenvalue weighted by Crippen LogP contribution is -2.34. The number of carbonyl (C=O) groups excluding carboxylic acids is 4. The van der Waals surface area contributed by atoms with E-state index < -0.39 is 0 Å². The van der Waals surface area contributed by atoms with Crippen LogP contribution < -0.4 is 40.2 Å². The monoisotopic (exact) mass is 732 g/mol. The molecule has 0 unspecified atom stereocenters. The van der Waals surface area contributed by atoms with Crippen molar-refractivity contribution in [3.63, 3.8) is 0 Å². The molecule has 54 heavy (non-hydrogen) atoms. The second kappa shape index (κ2) is 17.2. The summed E-state index contributed by atoms with van der Waals surface area (Å²) in [4.78, 5) is 52.2. The van der Waals surface area contributed by atoms with Gasteiger partial charge in [0.25, 0.3) is 23.6 Å². The van der Waals surface area contributed by atoms with Crippen molar-refractivity contribution < 1.29 is 38.1 Å². The summed E-state index contributed by atoms with van der Waals surface area (Å²) in [5.74, 6) is 1.03. The fourth-order valence-corrected chi connectivity index (χ4v) is 7.07. The van der Waals surface area contributed by atoms with Gasteiger partial charge in [0.1, 0.15) is 23.0 Å². The second-order valence-corrected chi connectivity index (χ2v) is 13.6. The fraction of sp³-hybridized carbons (Fsp3) is 0.333. The first-order valence-corrected chi connectivity index (χ1v) is 18.4. The number of hydrogen-bond acceptors (Lipinski definition) is 8. The predicted octanol–water partition coefficient (Wildman–Crippen LogP) is 3.15. The highest BCUT2D eigenvalue weighted by Gasteiger charge is 2.23. The molecule has 0 radical (unpaired) electrons. The lowest BCUT2D eigenvalue weighted by molar-refractivity contribution is -0.124. The third-order valence-corrected chi connectivity index (χ3v) is 9.62. The highest BCUT2D eigenvalue weighted by atomic mass is 16.5. The lowest BCUT2D eigenvalue weighted by Gasteiger charge is -2.23. The molecule has 4 amide bonds. The number of benzene rings is 4. The molecule has 0 fully saturated rings. The summed E-state index contributed by atoms with van der Waals surface area (Å²) in [5.41, 5.74) is 6.63. The van der Waals surface area contributed by atoms with Crippen molar-refractivity contribution in [2.24, 2.45) is 0 Å². The van der Waals surface area contributed by atoms with E-state index in [1.54, 1.807) is 0 Å². The van der Waals surface area contributed by atoms with E-state index >= 15 is 0 Å². The maximum Gasteiger partial charge on any atom is 0.257 e. The van der Waals surface area contributed by atoms with Gasteiger partial charge in [-0.15, -0.1) is 0 Å². The number of hydrogen-bond donors (Lipinski definition) is 4. The van der Waals surface area contributed by atoms with Gasteiger partial charge in [0.05, 0.1) is 0 Å². The summed E-state index contributed by atoms with van der Waals surface area (Å²) in [6.45, 7) is 0.507. The second-order valence-electron chi connectivity index (χ2n) is 13.6. The Kier molecular flexibility index (Phi) is 11.6. The van der Waals surface area contributed by atoms with Crippen molar-refractivity contribution in [2.75, 3.05) is 52.6 Å². The van der Waals surface area contributed by atoms with E-state index in [1.165, 1.54) is 0 Å². The smallest absolute Gasteiger partial charge is 0.257 e. The van der Waals surface area contributed by atoms with Gasteiger partial charge in [0, 0.05) is 51.9 Å². The van der Waals surface area contributed by atoms with Gasteiger partial charge in [0.2, 0.25) is 0 Å². The van der Waals surface area contributed by atoms with Crippen LogP contribution in [0.2, 0.25) is 0 Å². The lowest BCUT2D eigenvalue weighted by atomic mass is 9.91. The molecule has 4 N–H and O–H groups in total. The Hall–Kier alpha value is -6.04. The van der Waals surface area contributed by atoms with E-state index in [0.717, 1.165) is 44.5 Å². The molecule has 3 heterocycles. The van der Waals surface area contributed by atoms with Gasteiger partial charge in [-0.2, -0.15) is 0 Å². The van der Waals surface area contributed by atoms with Crippen LogP contribution in [0.4, 0.5) is 0 Å². The molecule has 8 rings (SSSR count). The Morgan fingerprint density at radius 1 is 0.333 bits per heavy atom. The molecule has 0 atom stereocenters. The molecule has 0 spiro atoms. The van der Waals surface area contributed by atoms with Gasteiger partial charge in [-0.1, -0.05) is 72.8 Å². The molecule has 12 bridgehead atoms. The highest BCUT2D eigenvalue weighted by Crippen LogP contribution is 2.39. The van der Waals surface area contributed by atoms with Gasteiger partial charge in [0.15, 0.2) is 26.4 Å². The zero-order valence-electron chi connectivity index (χ0n) is 30.1. The first kappa shape index (κ1) is 36.3. The minimum atomic E-state index is -0.297. The summed E-state index contributed by atoms with van der Waals surface area (Å²) in [6.07, 6.45) is 2.58. The van der Waals surface area contributed by atoms with Crippen LogP contribution in [0.3, 0.4) is 0 Å². The van der Waals surface area contributed by atoms with E-state index in [1.807, 2.05) is 72.8 Å². The molecular weight excluding hydrogens is 688 g/mol. The van der Waals surface area contributed by atoms with Gasteiger partial charge < -0.3 is 40.2 Å². The van der Waals surface area contributed by atoms with E-state index in [4.69, 9.17) is 18.9 Å². The van der Waals surface area contributed by atoms with E-state index in [0.29, 0.717) is 87.7 Å². The summed E-state index contributed by atoms with van der Waals surface area (Å²) in [5, 5.41) is 11.5. The number of nitrogens with one attached hydrogen (secondary N) is 4. The van der Waals surface area contributed by atoms with Crippen LogP contribution in [0.1, 0.15) is 57.3 Å². The van der Waals surface area contributed by atoms with E-state index in [9.17, 15) is 19.2 Å². The maximum absolute atomic E-state index is 13.0. The predicted molar refractivity (Wildman–Crippen MR) is 200 cm³/mol. The van der Waals surface area contributed by atoms with Crippen molar-refractivity contribution in [1.29, 1.82) is 0 Å². The third kappa shape index (κ3) is 8.94. The minimum absolute atomic E-state index is 0.227. The molecule has 0 aromatic heterocycles. The summed E-state index contributed by atoms with van der Waals surface area (Å²) in [7, 11) is 0. The maximum atomic E-state index is 13.0. The van der Waals surface area contributed by atoms with Crippen LogP contribution >= 0.6 is 0 Å². The van der Waals surface area contributed by atoms with Crippen LogP contribution in [0.15, 0.2) is 72.8 Å².